The van der Waals surface area contributed by atoms with E-state index in [1.54, 1.807) is 33.5 Å². The number of aryl methyl sites for hydroxylation is 1. The van der Waals surface area contributed by atoms with E-state index < -0.39 is 0 Å². The van der Waals surface area contributed by atoms with Crippen LogP contribution in [0.3, 0.4) is 0 Å². The second-order valence-electron chi connectivity index (χ2n) is 7.03. The smallest absolute Gasteiger partial charge is 0.231 e. The molecule has 2 aromatic rings. The number of nitrogens with one attached hydrogen (secondary N) is 1. The average Bonchev–Trinajstić information content (AvgIpc) is 3.18. The lowest BCUT2D eigenvalue weighted by Gasteiger charge is -2.30. The molecule has 158 valence electrons. The minimum absolute atomic E-state index is 0.0740. The highest BCUT2D eigenvalue weighted by atomic mass is 16.5. The van der Waals surface area contributed by atoms with Gasteiger partial charge in [-0.1, -0.05) is 5.16 Å². The summed E-state index contributed by atoms with van der Waals surface area (Å²) in [5.74, 6) is 2.98. The van der Waals surface area contributed by atoms with Gasteiger partial charge in [0.15, 0.2) is 17.3 Å². The minimum atomic E-state index is -0.0740. The van der Waals surface area contributed by atoms with Crippen molar-refractivity contribution < 1.29 is 23.5 Å². The van der Waals surface area contributed by atoms with Crippen molar-refractivity contribution >= 4 is 11.6 Å². The number of hydrogen-bond acceptors (Lipinski definition) is 8. The van der Waals surface area contributed by atoms with Crippen molar-refractivity contribution in [2.24, 2.45) is 0 Å². The van der Waals surface area contributed by atoms with E-state index in [-0.39, 0.29) is 11.8 Å². The fourth-order valence-corrected chi connectivity index (χ4v) is 3.58. The molecule has 3 rings (SSSR count). The Kier molecular flexibility index (Phi) is 6.92. The average molecular weight is 404 g/mol. The number of piperidine rings is 1. The third-order valence-electron chi connectivity index (χ3n) is 5.00. The third kappa shape index (κ3) is 5.17. The molecule has 1 aliphatic heterocycles. The number of carbonyl (C=O) groups is 1. The van der Waals surface area contributed by atoms with E-state index in [0.29, 0.717) is 47.6 Å². The van der Waals surface area contributed by atoms with Crippen LogP contribution in [-0.2, 0) is 4.79 Å². The zero-order valence-corrected chi connectivity index (χ0v) is 17.4. The lowest BCUT2D eigenvalue weighted by molar-refractivity contribution is -0.116. The summed E-state index contributed by atoms with van der Waals surface area (Å²) in [6.07, 6.45) is 2.45. The van der Waals surface area contributed by atoms with Gasteiger partial charge in [-0.05, 0) is 26.3 Å². The number of likely N-dealkylation sites (tertiary alicyclic amines) is 1. The molecule has 1 unspecified atom stereocenters. The molecule has 1 N–H and O–H groups in total. The first kappa shape index (κ1) is 20.9. The molecule has 29 heavy (non-hydrogen) atoms. The fourth-order valence-electron chi connectivity index (χ4n) is 3.58. The summed E-state index contributed by atoms with van der Waals surface area (Å²) in [6.45, 7) is 4.27. The summed E-state index contributed by atoms with van der Waals surface area (Å²) in [5.41, 5.74) is 0.599. The van der Waals surface area contributed by atoms with E-state index in [2.05, 4.69) is 20.4 Å². The molecule has 1 aliphatic rings. The van der Waals surface area contributed by atoms with Gasteiger partial charge in [-0.3, -0.25) is 4.79 Å². The number of aromatic nitrogens is 2. The minimum Gasteiger partial charge on any atom is -0.493 e. The largest absolute Gasteiger partial charge is 0.493 e. The molecule has 0 bridgehead atoms. The van der Waals surface area contributed by atoms with Crippen molar-refractivity contribution in [3.05, 3.63) is 23.8 Å². The predicted molar refractivity (Wildman–Crippen MR) is 107 cm³/mol. The predicted octanol–water partition coefficient (Wildman–Crippen LogP) is 2.61. The second kappa shape index (κ2) is 9.60. The lowest BCUT2D eigenvalue weighted by atomic mass is 9.98. The van der Waals surface area contributed by atoms with Crippen LogP contribution in [0.25, 0.3) is 0 Å². The van der Waals surface area contributed by atoms with Crippen LogP contribution >= 0.6 is 0 Å². The fraction of sp³-hybridized carbons (Fsp3) is 0.550. The Hall–Kier alpha value is -2.81. The molecule has 9 heteroatoms. The van der Waals surface area contributed by atoms with Gasteiger partial charge in [0.1, 0.15) is 0 Å². The van der Waals surface area contributed by atoms with Gasteiger partial charge in [0.05, 0.1) is 27.2 Å². The maximum atomic E-state index is 12.5. The van der Waals surface area contributed by atoms with Crippen molar-refractivity contribution in [2.75, 3.05) is 46.3 Å². The maximum absolute atomic E-state index is 12.5. The quantitative estimate of drug-likeness (QED) is 0.717. The molecule has 0 aliphatic carbocycles. The Labute approximate surface area is 170 Å². The van der Waals surface area contributed by atoms with E-state index in [1.807, 2.05) is 6.92 Å². The number of anilines is 1. The van der Waals surface area contributed by atoms with Crippen LogP contribution in [-0.4, -0.2) is 61.9 Å². The van der Waals surface area contributed by atoms with Crippen LogP contribution in [0.15, 0.2) is 16.7 Å². The van der Waals surface area contributed by atoms with E-state index in [1.165, 1.54) is 0 Å². The number of ether oxygens (including phenoxy) is 3. The Balaban J connectivity index is 1.56. The van der Waals surface area contributed by atoms with Crippen molar-refractivity contribution in [2.45, 2.75) is 32.1 Å². The summed E-state index contributed by atoms with van der Waals surface area (Å²) in [7, 11) is 4.63. The van der Waals surface area contributed by atoms with Crippen molar-refractivity contribution in [1.29, 1.82) is 0 Å². The molecule has 9 nitrogen and oxygen atoms in total. The number of hydrogen-bond donors (Lipinski definition) is 1. The van der Waals surface area contributed by atoms with Crippen LogP contribution in [0, 0.1) is 6.92 Å². The molecule has 1 amide bonds. The standard InChI is InChI=1S/C20H28N4O5/c1-13-21-20(29-23-13)14-6-5-8-24(12-14)9-7-18(25)22-15-10-16(26-2)19(28-4)17(11-15)27-3/h10-11,14H,5-9,12H2,1-4H3,(H,22,25). The molecule has 2 heterocycles. The first-order valence-electron chi connectivity index (χ1n) is 9.66. The van der Waals surface area contributed by atoms with E-state index in [9.17, 15) is 4.79 Å². The monoisotopic (exact) mass is 404 g/mol. The summed E-state index contributed by atoms with van der Waals surface area (Å²) < 4.78 is 21.3. The zero-order valence-electron chi connectivity index (χ0n) is 17.4. The molecule has 0 spiro atoms. The van der Waals surface area contributed by atoms with Crippen LogP contribution in [0.4, 0.5) is 5.69 Å². The molecular weight excluding hydrogens is 376 g/mol. The number of carbonyl (C=O) groups excluding carboxylic acids is 1. The molecular formula is C20H28N4O5. The Morgan fingerprint density at radius 1 is 1.24 bits per heavy atom. The third-order valence-corrected chi connectivity index (χ3v) is 5.00. The summed E-state index contributed by atoms with van der Waals surface area (Å²) >= 11 is 0. The van der Waals surface area contributed by atoms with Gasteiger partial charge in [-0.15, -0.1) is 0 Å². The zero-order chi connectivity index (χ0) is 20.8. The van der Waals surface area contributed by atoms with Gasteiger partial charge in [-0.2, -0.15) is 4.98 Å². The topological polar surface area (TPSA) is 99.0 Å². The van der Waals surface area contributed by atoms with Crippen LogP contribution in [0.2, 0.25) is 0 Å². The molecule has 1 saturated heterocycles. The summed E-state index contributed by atoms with van der Waals surface area (Å²) in [6, 6.07) is 3.43. The maximum Gasteiger partial charge on any atom is 0.231 e. The number of rotatable bonds is 8. The molecule has 1 aromatic heterocycles. The highest BCUT2D eigenvalue weighted by Crippen LogP contribution is 2.40. The van der Waals surface area contributed by atoms with Gasteiger partial charge >= 0.3 is 0 Å². The van der Waals surface area contributed by atoms with Crippen molar-refractivity contribution in [3.8, 4) is 17.2 Å². The summed E-state index contributed by atoms with van der Waals surface area (Å²) in [4.78, 5) is 19.1. The first-order chi connectivity index (χ1) is 14.0. The molecule has 0 radical (unpaired) electrons. The van der Waals surface area contributed by atoms with E-state index in [0.717, 1.165) is 25.9 Å². The normalized spacial score (nSPS) is 17.0. The van der Waals surface area contributed by atoms with Crippen LogP contribution < -0.4 is 19.5 Å². The van der Waals surface area contributed by atoms with Gasteiger partial charge in [0.25, 0.3) is 0 Å². The van der Waals surface area contributed by atoms with E-state index in [4.69, 9.17) is 18.7 Å². The van der Waals surface area contributed by atoms with Crippen LogP contribution in [0.1, 0.15) is 36.9 Å². The lowest BCUT2D eigenvalue weighted by Crippen LogP contribution is -2.36. The Morgan fingerprint density at radius 2 is 1.97 bits per heavy atom. The molecule has 1 atom stereocenters. The number of methoxy groups -OCH3 is 3. The Morgan fingerprint density at radius 3 is 2.55 bits per heavy atom. The highest BCUT2D eigenvalue weighted by Gasteiger charge is 2.26. The number of amides is 1. The van der Waals surface area contributed by atoms with Gasteiger partial charge in [0.2, 0.25) is 17.5 Å². The number of nitrogens with zero attached hydrogens (tertiary/aromatic N) is 3. The Bertz CT molecular complexity index is 813. The number of benzene rings is 1. The van der Waals surface area contributed by atoms with Gasteiger partial charge in [-0.25, -0.2) is 0 Å². The van der Waals surface area contributed by atoms with Crippen LogP contribution in [0.5, 0.6) is 17.2 Å². The second-order valence-corrected chi connectivity index (χ2v) is 7.03. The van der Waals surface area contributed by atoms with Gasteiger partial charge < -0.3 is 29.0 Å². The molecule has 0 saturated carbocycles. The summed E-state index contributed by atoms with van der Waals surface area (Å²) in [5, 5.41) is 6.79. The molecule has 1 aromatic carbocycles. The first-order valence-corrected chi connectivity index (χ1v) is 9.66. The van der Waals surface area contributed by atoms with Crippen molar-refractivity contribution in [3.63, 3.8) is 0 Å². The molecule has 1 fully saturated rings. The highest BCUT2D eigenvalue weighted by molar-refractivity contribution is 5.91. The van der Waals surface area contributed by atoms with E-state index >= 15 is 0 Å². The SMILES string of the molecule is COc1cc(NC(=O)CCN2CCCC(c3nc(C)no3)C2)cc(OC)c1OC. The van der Waals surface area contributed by atoms with Gasteiger partial charge in [0, 0.05) is 37.3 Å². The van der Waals surface area contributed by atoms with Crippen molar-refractivity contribution in [1.82, 2.24) is 15.0 Å².